The minimum atomic E-state index is -1.54. The number of nitrogens with one attached hydrogen (secondary N) is 4. The van der Waals surface area contributed by atoms with Crippen LogP contribution >= 0.6 is 0 Å². The number of hydrogen-bond donors (Lipinski definition) is 8. The minimum absolute atomic E-state index is 0.0108. The zero-order chi connectivity index (χ0) is 25.0. The van der Waals surface area contributed by atoms with Gasteiger partial charge in [-0.1, -0.05) is 0 Å². The van der Waals surface area contributed by atoms with E-state index >= 15 is 0 Å². The van der Waals surface area contributed by atoms with Gasteiger partial charge in [0.15, 0.2) is 0 Å². The van der Waals surface area contributed by atoms with Crippen LogP contribution in [-0.2, 0) is 24.0 Å². The molecule has 0 aromatic heterocycles. The number of carboxylic acids is 1. The van der Waals surface area contributed by atoms with Gasteiger partial charge in [0.25, 0.3) is 0 Å². The Labute approximate surface area is 194 Å². The summed E-state index contributed by atoms with van der Waals surface area (Å²) in [7, 11) is 0. The molecule has 1 radical (unpaired) electrons. The molecule has 0 aliphatic rings. The molecule has 0 saturated heterocycles. The molecule has 0 aromatic rings. The van der Waals surface area contributed by atoms with Gasteiger partial charge in [-0.15, -0.1) is 0 Å². The summed E-state index contributed by atoms with van der Waals surface area (Å²) in [4.78, 5) is 59.8. The fraction of sp³-hybridized carbons (Fsp3) is 0.722. The molecule has 0 aliphatic heterocycles. The van der Waals surface area contributed by atoms with Crippen molar-refractivity contribution in [3.05, 3.63) is 0 Å². The number of aliphatic hydroxyl groups is 2. The van der Waals surface area contributed by atoms with Crippen molar-refractivity contribution in [2.75, 3.05) is 13.2 Å². The topological polar surface area (TPSA) is 220 Å². The van der Waals surface area contributed by atoms with Crippen molar-refractivity contribution in [2.45, 2.75) is 62.8 Å². The van der Waals surface area contributed by atoms with Crippen LogP contribution in [0.4, 0.5) is 0 Å². The fourth-order valence-electron chi connectivity index (χ4n) is 2.42. The van der Waals surface area contributed by atoms with Crippen molar-refractivity contribution in [3.8, 4) is 0 Å². The Morgan fingerprint density at radius 1 is 0.938 bits per heavy atom. The van der Waals surface area contributed by atoms with Gasteiger partial charge in [-0.3, -0.25) is 0 Å². The summed E-state index contributed by atoms with van der Waals surface area (Å²) < 4.78 is 0. The fourth-order valence-corrected chi connectivity index (χ4v) is 2.92. The summed E-state index contributed by atoms with van der Waals surface area (Å²) in [5, 5.41) is 36.6. The zero-order valence-electron chi connectivity index (χ0n) is 18.2. The third-order valence-electron chi connectivity index (χ3n) is 4.16. The van der Waals surface area contributed by atoms with E-state index < -0.39 is 73.0 Å². The second-order valence-corrected chi connectivity index (χ2v) is 8.25. The maximum atomic E-state index is 12.6. The van der Waals surface area contributed by atoms with E-state index in [2.05, 4.69) is 37.3 Å². The predicted molar refractivity (Wildman–Crippen MR) is 113 cm³/mol. The van der Waals surface area contributed by atoms with Gasteiger partial charge in [-0.05, 0) is 0 Å². The van der Waals surface area contributed by atoms with Crippen LogP contribution in [0, 0.1) is 5.92 Å². The van der Waals surface area contributed by atoms with Crippen LogP contribution < -0.4 is 27.0 Å². The molecule has 0 spiro atoms. The van der Waals surface area contributed by atoms with Gasteiger partial charge in [-0.2, -0.15) is 0 Å². The van der Waals surface area contributed by atoms with Gasteiger partial charge in [-0.25, -0.2) is 0 Å². The Bertz CT molecular complexity index is 676. The first-order chi connectivity index (χ1) is 14.8. The van der Waals surface area contributed by atoms with E-state index in [0.717, 1.165) is 0 Å². The Balaban J connectivity index is 4.99. The Morgan fingerprint density at radius 3 is 1.94 bits per heavy atom. The molecule has 5 atom stereocenters. The van der Waals surface area contributed by atoms with Crippen LogP contribution in [0.15, 0.2) is 0 Å². The molecule has 4 amide bonds. The van der Waals surface area contributed by atoms with Crippen molar-refractivity contribution in [1.82, 2.24) is 21.3 Å². The maximum absolute atomic E-state index is 12.6. The Kier molecular flexibility index (Phi) is 13.7. The predicted octanol–water partition coefficient (Wildman–Crippen LogP) is -4.03. The summed E-state index contributed by atoms with van der Waals surface area (Å²) in [6.07, 6.45) is -1.10. The first-order valence-corrected chi connectivity index (χ1v) is 11.1. The van der Waals surface area contributed by atoms with Crippen LogP contribution in [0.25, 0.3) is 0 Å². The summed E-state index contributed by atoms with van der Waals surface area (Å²) in [5.41, 5.74) is 5.46. The average molecular weight is 525 g/mol. The SMILES string of the molecule is CC(C)C[C@H](NC(=O)[C@@H](N)CO)C(=O)N[C@@H](C[Se])C(=O)NCC(=O)N[C@H](C(=O)O)[C@@H](C)O. The van der Waals surface area contributed by atoms with Crippen LogP contribution in [0.5, 0.6) is 0 Å². The molecule has 0 aromatic carbocycles. The van der Waals surface area contributed by atoms with Crippen LogP contribution in [0.2, 0.25) is 5.32 Å². The van der Waals surface area contributed by atoms with Crippen LogP contribution in [-0.4, -0.2) is 104 Å². The second-order valence-electron chi connectivity index (χ2n) is 7.55. The molecule has 14 heteroatoms. The molecule has 32 heavy (non-hydrogen) atoms. The van der Waals surface area contributed by atoms with Crippen LogP contribution in [0.1, 0.15) is 27.2 Å². The van der Waals surface area contributed by atoms with Gasteiger partial charge in [0.2, 0.25) is 0 Å². The van der Waals surface area contributed by atoms with E-state index in [9.17, 15) is 29.1 Å². The molecule has 0 saturated carbocycles. The third-order valence-corrected chi connectivity index (χ3v) is 4.86. The van der Waals surface area contributed by atoms with E-state index in [0.29, 0.717) is 0 Å². The summed E-state index contributed by atoms with van der Waals surface area (Å²) in [5.74, 6) is -4.38. The van der Waals surface area contributed by atoms with E-state index in [1.165, 1.54) is 6.92 Å². The quantitative estimate of drug-likeness (QED) is 0.103. The van der Waals surface area contributed by atoms with Gasteiger partial charge in [0.1, 0.15) is 0 Å². The van der Waals surface area contributed by atoms with E-state index in [1.807, 2.05) is 13.8 Å². The number of aliphatic hydroxyl groups excluding tert-OH is 2. The van der Waals surface area contributed by atoms with Crippen molar-refractivity contribution in [1.29, 1.82) is 0 Å². The normalized spacial score (nSPS) is 15.6. The van der Waals surface area contributed by atoms with Gasteiger partial charge in [0.05, 0.1) is 0 Å². The Hall–Kier alpha value is -2.25. The van der Waals surface area contributed by atoms with Gasteiger partial charge < -0.3 is 0 Å². The molecule has 0 rings (SSSR count). The van der Waals surface area contributed by atoms with Crippen molar-refractivity contribution < 1.29 is 39.3 Å². The zero-order valence-corrected chi connectivity index (χ0v) is 19.9. The molecule has 0 unspecified atom stereocenters. The van der Waals surface area contributed by atoms with Crippen molar-refractivity contribution in [2.24, 2.45) is 11.7 Å². The van der Waals surface area contributed by atoms with Gasteiger partial charge in [0, 0.05) is 0 Å². The number of carboxylic acid groups (broad SMARTS) is 1. The van der Waals surface area contributed by atoms with Crippen LogP contribution in [0.3, 0.4) is 0 Å². The number of carbonyl (C=O) groups excluding carboxylic acids is 4. The molecule has 0 aliphatic carbocycles. The number of carbonyl (C=O) groups is 5. The first-order valence-electron chi connectivity index (χ1n) is 9.87. The van der Waals surface area contributed by atoms with E-state index in [-0.39, 0.29) is 17.7 Å². The summed E-state index contributed by atoms with van der Waals surface area (Å²) >= 11 is 2.60. The molecular weight excluding hydrogens is 493 g/mol. The standard InChI is InChI=1S/C18H32N5O8Se/c1-8(2)4-11(21-15(27)10(19)6-24)17(29)22-12(7-32)16(28)20-5-13(26)23-14(9(3)25)18(30)31/h8-12,14,24-25H,4-7,19H2,1-3H3,(H,20,28)(H,21,27)(H,22,29)(H,23,26)(H,30,31)/t9-,10+,11+,12+,14+/m1/s1. The molecular formula is C18H32N5O8Se. The third kappa shape index (κ3) is 10.9. The monoisotopic (exact) mass is 526 g/mol. The number of amides is 4. The summed E-state index contributed by atoms with van der Waals surface area (Å²) in [6.45, 7) is 3.66. The number of nitrogens with two attached hydrogens (primary N) is 1. The van der Waals surface area contributed by atoms with Crippen molar-refractivity contribution in [3.63, 3.8) is 0 Å². The second kappa shape index (κ2) is 14.7. The van der Waals surface area contributed by atoms with E-state index in [4.69, 9.17) is 15.9 Å². The van der Waals surface area contributed by atoms with Crippen molar-refractivity contribution >= 4 is 45.6 Å². The molecule has 9 N–H and O–H groups in total. The summed E-state index contributed by atoms with van der Waals surface area (Å²) in [6, 6.07) is -4.83. The average Bonchev–Trinajstić information content (AvgIpc) is 2.71. The Morgan fingerprint density at radius 2 is 1.50 bits per heavy atom. The number of aliphatic carboxylic acids is 1. The van der Waals surface area contributed by atoms with Gasteiger partial charge >= 0.3 is 194 Å². The number of rotatable bonds is 14. The molecule has 0 bridgehead atoms. The van der Waals surface area contributed by atoms with E-state index in [1.54, 1.807) is 0 Å². The molecule has 13 nitrogen and oxygen atoms in total. The number of hydrogen-bond acceptors (Lipinski definition) is 8. The molecule has 183 valence electrons. The first kappa shape index (κ1) is 29.7. The molecule has 0 fully saturated rings. The molecule has 0 heterocycles.